The van der Waals surface area contributed by atoms with Crippen LogP contribution < -0.4 is 5.73 Å². The highest BCUT2D eigenvalue weighted by Crippen LogP contribution is 2.22. The van der Waals surface area contributed by atoms with Gasteiger partial charge in [0.25, 0.3) is 0 Å². The maximum absolute atomic E-state index is 5.69. The zero-order valence-electron chi connectivity index (χ0n) is 8.52. The summed E-state index contributed by atoms with van der Waals surface area (Å²) in [7, 11) is 0. The Morgan fingerprint density at radius 2 is 2.00 bits per heavy atom. The molecule has 0 saturated heterocycles. The van der Waals surface area contributed by atoms with Gasteiger partial charge in [0.05, 0.1) is 0 Å². The van der Waals surface area contributed by atoms with Crippen LogP contribution in [0.2, 0.25) is 0 Å². The molecule has 2 rings (SSSR count). The van der Waals surface area contributed by atoms with E-state index in [2.05, 4.69) is 10.1 Å². The summed E-state index contributed by atoms with van der Waals surface area (Å²) in [6.45, 7) is 3.75. The Bertz CT molecular complexity index is 467. The lowest BCUT2D eigenvalue weighted by Gasteiger charge is -2.01. The molecule has 0 spiro atoms. The number of halogens is 1. The molecule has 80 valence electrons. The van der Waals surface area contributed by atoms with Crippen molar-refractivity contribution in [1.29, 1.82) is 0 Å². The molecule has 15 heavy (non-hydrogen) atoms. The lowest BCUT2D eigenvalue weighted by molar-refractivity contribution is 0.394. The largest absolute Gasteiger partial charge is 0.399 e. The normalized spacial score (nSPS) is 9.73. The fourth-order valence-electron chi connectivity index (χ4n) is 1.29. The lowest BCUT2D eigenvalue weighted by atomic mass is 10.1. The number of nitrogens with two attached hydrogens (primary N) is 1. The van der Waals surface area contributed by atoms with E-state index in [0.717, 1.165) is 11.1 Å². The smallest absolute Gasteiger partial charge is 0.223 e. The molecule has 0 aliphatic heterocycles. The molecular weight excluding hydrogens is 214 g/mol. The van der Waals surface area contributed by atoms with Gasteiger partial charge in [-0.2, -0.15) is 4.98 Å². The van der Waals surface area contributed by atoms with Gasteiger partial charge in [0.1, 0.15) is 0 Å². The molecular formula is C10H12ClN3O. The predicted molar refractivity (Wildman–Crippen MR) is 60.9 cm³/mol. The first kappa shape index (κ1) is 11.5. The van der Waals surface area contributed by atoms with Crippen LogP contribution in [0.4, 0.5) is 5.69 Å². The third kappa shape index (κ3) is 2.27. The summed E-state index contributed by atoms with van der Waals surface area (Å²) in [5.41, 5.74) is 8.39. The molecule has 0 radical (unpaired) electrons. The summed E-state index contributed by atoms with van der Waals surface area (Å²) in [5, 5.41) is 3.85. The topological polar surface area (TPSA) is 64.9 Å². The van der Waals surface area contributed by atoms with E-state index < -0.39 is 0 Å². The van der Waals surface area contributed by atoms with Crippen LogP contribution in [-0.2, 0) is 0 Å². The second-order valence-electron chi connectivity index (χ2n) is 3.21. The van der Waals surface area contributed by atoms with Crippen molar-refractivity contribution >= 4 is 18.1 Å². The van der Waals surface area contributed by atoms with Gasteiger partial charge in [-0.3, -0.25) is 0 Å². The number of hydrogen-bond acceptors (Lipinski definition) is 4. The molecule has 0 saturated carbocycles. The lowest BCUT2D eigenvalue weighted by Crippen LogP contribution is -1.90. The Kier molecular flexibility index (Phi) is 3.31. The van der Waals surface area contributed by atoms with Gasteiger partial charge < -0.3 is 10.3 Å². The first-order chi connectivity index (χ1) is 6.66. The van der Waals surface area contributed by atoms with Crippen molar-refractivity contribution in [3.8, 4) is 11.4 Å². The zero-order valence-corrected chi connectivity index (χ0v) is 9.34. The van der Waals surface area contributed by atoms with E-state index in [1.54, 1.807) is 6.92 Å². The Morgan fingerprint density at radius 1 is 1.27 bits per heavy atom. The van der Waals surface area contributed by atoms with Crippen molar-refractivity contribution < 1.29 is 4.52 Å². The highest BCUT2D eigenvalue weighted by Gasteiger charge is 2.08. The summed E-state index contributed by atoms with van der Waals surface area (Å²) in [5.74, 6) is 1.15. The average Bonchev–Trinajstić information content (AvgIpc) is 2.56. The molecule has 0 fully saturated rings. The number of aromatic nitrogens is 2. The van der Waals surface area contributed by atoms with Crippen LogP contribution in [0.5, 0.6) is 0 Å². The molecule has 0 aliphatic carbocycles. The maximum Gasteiger partial charge on any atom is 0.223 e. The molecule has 5 heteroatoms. The van der Waals surface area contributed by atoms with Crippen molar-refractivity contribution in [3.05, 3.63) is 29.7 Å². The molecule has 1 aromatic heterocycles. The molecule has 0 aliphatic rings. The van der Waals surface area contributed by atoms with Crippen molar-refractivity contribution in [2.45, 2.75) is 13.8 Å². The summed E-state index contributed by atoms with van der Waals surface area (Å²) in [6, 6.07) is 5.64. The van der Waals surface area contributed by atoms with E-state index in [4.69, 9.17) is 10.3 Å². The van der Waals surface area contributed by atoms with Crippen LogP contribution in [0, 0.1) is 13.8 Å². The Morgan fingerprint density at radius 3 is 2.60 bits per heavy atom. The third-order valence-electron chi connectivity index (χ3n) is 2.03. The number of nitrogen functional groups attached to an aromatic ring is 1. The monoisotopic (exact) mass is 225 g/mol. The summed E-state index contributed by atoms with van der Waals surface area (Å²) in [4.78, 5) is 4.15. The Labute approximate surface area is 93.9 Å². The van der Waals surface area contributed by atoms with Crippen LogP contribution in [-0.4, -0.2) is 10.1 Å². The van der Waals surface area contributed by atoms with E-state index in [1.807, 2.05) is 25.1 Å². The quantitative estimate of drug-likeness (QED) is 0.757. The van der Waals surface area contributed by atoms with E-state index in [-0.39, 0.29) is 12.4 Å². The fourth-order valence-corrected chi connectivity index (χ4v) is 1.29. The van der Waals surface area contributed by atoms with E-state index in [0.29, 0.717) is 17.4 Å². The van der Waals surface area contributed by atoms with Crippen LogP contribution in [0.25, 0.3) is 11.4 Å². The minimum atomic E-state index is 0. The number of rotatable bonds is 1. The van der Waals surface area contributed by atoms with E-state index in [1.165, 1.54) is 0 Å². The maximum atomic E-state index is 5.69. The van der Waals surface area contributed by atoms with E-state index in [9.17, 15) is 0 Å². The van der Waals surface area contributed by atoms with Crippen molar-refractivity contribution in [1.82, 2.24) is 10.1 Å². The Balaban J connectivity index is 0.00000112. The standard InChI is InChI=1S/C10H11N3O.ClH/c1-6-3-4-8(11)5-9(6)10-12-7(2)14-13-10;/h3-5H,11H2,1-2H3;1H. The highest BCUT2D eigenvalue weighted by molar-refractivity contribution is 5.85. The molecule has 0 atom stereocenters. The van der Waals surface area contributed by atoms with Crippen LogP contribution in [0.3, 0.4) is 0 Å². The summed E-state index contributed by atoms with van der Waals surface area (Å²) in [6.07, 6.45) is 0. The molecule has 0 amide bonds. The van der Waals surface area contributed by atoms with Crippen LogP contribution in [0.1, 0.15) is 11.5 Å². The SMILES string of the molecule is Cc1nc(-c2cc(N)ccc2C)no1.Cl. The van der Waals surface area contributed by atoms with Gasteiger partial charge in [0, 0.05) is 18.2 Å². The number of benzene rings is 1. The van der Waals surface area contributed by atoms with E-state index >= 15 is 0 Å². The summed E-state index contributed by atoms with van der Waals surface area (Å²) < 4.78 is 4.91. The minimum Gasteiger partial charge on any atom is -0.399 e. The second kappa shape index (κ2) is 4.31. The molecule has 1 heterocycles. The van der Waals surface area contributed by atoms with Gasteiger partial charge >= 0.3 is 0 Å². The number of anilines is 1. The predicted octanol–water partition coefficient (Wildman–Crippen LogP) is 2.36. The number of aryl methyl sites for hydroxylation is 2. The van der Waals surface area contributed by atoms with Crippen molar-refractivity contribution in [3.63, 3.8) is 0 Å². The highest BCUT2D eigenvalue weighted by atomic mass is 35.5. The molecule has 2 aromatic rings. The summed E-state index contributed by atoms with van der Waals surface area (Å²) >= 11 is 0. The Hall–Kier alpha value is -1.55. The van der Waals surface area contributed by atoms with Crippen LogP contribution in [0.15, 0.2) is 22.7 Å². The number of hydrogen-bond donors (Lipinski definition) is 1. The van der Waals surface area contributed by atoms with Gasteiger partial charge in [-0.1, -0.05) is 11.2 Å². The molecule has 1 aromatic carbocycles. The third-order valence-corrected chi connectivity index (χ3v) is 2.03. The molecule has 2 N–H and O–H groups in total. The van der Waals surface area contributed by atoms with Gasteiger partial charge in [-0.25, -0.2) is 0 Å². The molecule has 0 unspecified atom stereocenters. The van der Waals surface area contributed by atoms with Gasteiger partial charge in [0.2, 0.25) is 11.7 Å². The van der Waals surface area contributed by atoms with Gasteiger partial charge in [-0.15, -0.1) is 12.4 Å². The number of nitrogens with zero attached hydrogens (tertiary/aromatic N) is 2. The van der Waals surface area contributed by atoms with Gasteiger partial charge in [0.15, 0.2) is 0 Å². The van der Waals surface area contributed by atoms with Crippen molar-refractivity contribution in [2.24, 2.45) is 0 Å². The molecule has 0 bridgehead atoms. The zero-order chi connectivity index (χ0) is 10.1. The van der Waals surface area contributed by atoms with Crippen molar-refractivity contribution in [2.75, 3.05) is 5.73 Å². The second-order valence-corrected chi connectivity index (χ2v) is 3.21. The average molecular weight is 226 g/mol. The van der Waals surface area contributed by atoms with Gasteiger partial charge in [-0.05, 0) is 24.6 Å². The minimum absolute atomic E-state index is 0. The first-order valence-electron chi connectivity index (χ1n) is 4.33. The fraction of sp³-hybridized carbons (Fsp3) is 0.200. The van der Waals surface area contributed by atoms with Crippen LogP contribution >= 0.6 is 12.4 Å². The first-order valence-corrected chi connectivity index (χ1v) is 4.33. The molecule has 4 nitrogen and oxygen atoms in total.